The smallest absolute Gasteiger partial charge is 0.271 e. The molecule has 0 saturated carbocycles. The van der Waals surface area contributed by atoms with E-state index < -0.39 is 0 Å². The molecule has 0 unspecified atom stereocenters. The summed E-state index contributed by atoms with van der Waals surface area (Å²) < 4.78 is 5.20. The van der Waals surface area contributed by atoms with Crippen LogP contribution in [0.25, 0.3) is 0 Å². The third-order valence-electron chi connectivity index (χ3n) is 3.91. The Kier molecular flexibility index (Phi) is 6.30. The zero-order chi connectivity index (χ0) is 18.9. The molecule has 0 radical (unpaired) electrons. The highest BCUT2D eigenvalue weighted by molar-refractivity contribution is 5.91. The molecule has 2 aromatic heterocycles. The van der Waals surface area contributed by atoms with Crippen LogP contribution >= 0.6 is 0 Å². The molecule has 7 heteroatoms. The van der Waals surface area contributed by atoms with Crippen LogP contribution in [0.5, 0.6) is 5.75 Å². The number of methoxy groups -OCH3 is 1. The van der Waals surface area contributed by atoms with E-state index in [9.17, 15) is 4.79 Å². The minimum absolute atomic E-state index is 0.246. The highest BCUT2D eigenvalue weighted by atomic mass is 16.5. The maximum absolute atomic E-state index is 12.2. The predicted molar refractivity (Wildman–Crippen MR) is 103 cm³/mol. The van der Waals surface area contributed by atoms with Gasteiger partial charge in [0.05, 0.1) is 19.5 Å². The van der Waals surface area contributed by atoms with Crippen molar-refractivity contribution in [3.8, 4) is 5.75 Å². The Morgan fingerprint density at radius 2 is 1.96 bits per heavy atom. The van der Waals surface area contributed by atoms with Crippen LogP contribution < -0.4 is 15.4 Å². The van der Waals surface area contributed by atoms with Crippen LogP contribution in [0.15, 0.2) is 61.2 Å². The lowest BCUT2D eigenvalue weighted by atomic mass is 10.1. The molecule has 2 heterocycles. The lowest BCUT2D eigenvalue weighted by molar-refractivity contribution is 0.0949. The average molecular weight is 363 g/mol. The molecule has 0 saturated heterocycles. The summed E-state index contributed by atoms with van der Waals surface area (Å²) in [4.78, 5) is 24.6. The first-order valence-corrected chi connectivity index (χ1v) is 8.60. The molecule has 0 aliphatic carbocycles. The molecule has 7 nitrogen and oxygen atoms in total. The molecule has 0 aliphatic rings. The van der Waals surface area contributed by atoms with Crippen LogP contribution in [0.3, 0.4) is 0 Å². The normalized spacial score (nSPS) is 10.3. The maximum atomic E-state index is 12.2. The SMILES string of the molecule is COc1cccc(CCNC(=O)c2cnc(NCc3cccnc3)cn2)c1. The van der Waals surface area contributed by atoms with E-state index in [0.717, 1.165) is 16.9 Å². The number of carbonyl (C=O) groups is 1. The molecule has 2 N–H and O–H groups in total. The van der Waals surface area contributed by atoms with Crippen molar-refractivity contribution in [2.75, 3.05) is 19.0 Å². The molecule has 3 rings (SSSR count). The van der Waals surface area contributed by atoms with E-state index in [0.29, 0.717) is 25.3 Å². The molecule has 0 bridgehead atoms. The van der Waals surface area contributed by atoms with Gasteiger partial charge in [-0.3, -0.25) is 9.78 Å². The highest BCUT2D eigenvalue weighted by Gasteiger charge is 2.08. The van der Waals surface area contributed by atoms with Gasteiger partial charge in [0.25, 0.3) is 5.91 Å². The zero-order valence-corrected chi connectivity index (χ0v) is 15.1. The van der Waals surface area contributed by atoms with Gasteiger partial charge in [-0.15, -0.1) is 0 Å². The minimum atomic E-state index is -0.246. The summed E-state index contributed by atoms with van der Waals surface area (Å²) in [6, 6.07) is 11.6. The van der Waals surface area contributed by atoms with E-state index >= 15 is 0 Å². The number of nitrogens with one attached hydrogen (secondary N) is 2. The van der Waals surface area contributed by atoms with Crippen LogP contribution in [-0.4, -0.2) is 34.5 Å². The van der Waals surface area contributed by atoms with Crippen molar-refractivity contribution in [3.63, 3.8) is 0 Å². The van der Waals surface area contributed by atoms with E-state index in [1.807, 2.05) is 36.4 Å². The van der Waals surface area contributed by atoms with E-state index in [1.54, 1.807) is 25.7 Å². The molecule has 3 aromatic rings. The van der Waals surface area contributed by atoms with Crippen molar-refractivity contribution >= 4 is 11.7 Å². The second-order valence-corrected chi connectivity index (χ2v) is 5.86. The van der Waals surface area contributed by atoms with Crippen LogP contribution in [0.2, 0.25) is 0 Å². The lowest BCUT2D eigenvalue weighted by Crippen LogP contribution is -2.26. The summed E-state index contributed by atoms with van der Waals surface area (Å²) in [5.41, 5.74) is 2.42. The van der Waals surface area contributed by atoms with Gasteiger partial charge < -0.3 is 15.4 Å². The van der Waals surface area contributed by atoms with Crippen molar-refractivity contribution in [3.05, 3.63) is 78.0 Å². The number of benzene rings is 1. The summed E-state index contributed by atoms with van der Waals surface area (Å²) in [5.74, 6) is 1.16. The second-order valence-electron chi connectivity index (χ2n) is 5.86. The average Bonchev–Trinajstić information content (AvgIpc) is 2.73. The Bertz CT molecular complexity index is 869. The number of hydrogen-bond acceptors (Lipinski definition) is 6. The Labute approximate surface area is 157 Å². The standard InChI is InChI=1S/C20H21N5O2/c1-27-17-6-2-4-15(10-17)7-9-22-20(26)18-13-25-19(14-23-18)24-12-16-5-3-8-21-11-16/h2-6,8,10-11,13-14H,7,9,12H2,1H3,(H,22,26)(H,24,25). The number of aromatic nitrogens is 3. The van der Waals surface area contributed by atoms with Gasteiger partial charge in [-0.1, -0.05) is 18.2 Å². The first-order valence-electron chi connectivity index (χ1n) is 8.60. The Balaban J connectivity index is 1.47. The fourth-order valence-corrected chi connectivity index (χ4v) is 2.47. The number of carbonyl (C=O) groups excluding carboxylic acids is 1. The number of ether oxygens (including phenoxy) is 1. The molecule has 0 aliphatic heterocycles. The van der Waals surface area contributed by atoms with Crippen molar-refractivity contribution in [1.82, 2.24) is 20.3 Å². The summed E-state index contributed by atoms with van der Waals surface area (Å²) in [5, 5.41) is 6.00. The first-order chi connectivity index (χ1) is 13.2. The quantitative estimate of drug-likeness (QED) is 0.639. The molecule has 27 heavy (non-hydrogen) atoms. The van der Waals surface area contributed by atoms with Gasteiger partial charge in [-0.25, -0.2) is 9.97 Å². The molecule has 1 aromatic carbocycles. The van der Waals surface area contributed by atoms with Crippen LogP contribution in [-0.2, 0) is 13.0 Å². The monoisotopic (exact) mass is 363 g/mol. The second kappa shape index (κ2) is 9.28. The summed E-state index contributed by atoms with van der Waals surface area (Å²) >= 11 is 0. The van der Waals surface area contributed by atoms with Crippen LogP contribution in [0, 0.1) is 0 Å². The highest BCUT2D eigenvalue weighted by Crippen LogP contribution is 2.12. The number of anilines is 1. The molecule has 0 fully saturated rings. The van der Waals surface area contributed by atoms with Gasteiger partial charge in [0, 0.05) is 25.5 Å². The van der Waals surface area contributed by atoms with Crippen molar-refractivity contribution < 1.29 is 9.53 Å². The number of rotatable bonds is 8. The Morgan fingerprint density at radius 1 is 1.07 bits per heavy atom. The van der Waals surface area contributed by atoms with Crippen LogP contribution in [0.4, 0.5) is 5.82 Å². The van der Waals surface area contributed by atoms with Crippen molar-refractivity contribution in [2.24, 2.45) is 0 Å². The Hall–Kier alpha value is -3.48. The molecular formula is C20H21N5O2. The third kappa shape index (κ3) is 5.50. The Morgan fingerprint density at radius 3 is 2.70 bits per heavy atom. The largest absolute Gasteiger partial charge is 0.497 e. The molecule has 0 spiro atoms. The minimum Gasteiger partial charge on any atom is -0.497 e. The van der Waals surface area contributed by atoms with Gasteiger partial charge in [0.2, 0.25) is 0 Å². The van der Waals surface area contributed by atoms with E-state index in [-0.39, 0.29) is 11.6 Å². The van der Waals surface area contributed by atoms with Crippen molar-refractivity contribution in [1.29, 1.82) is 0 Å². The number of nitrogens with zero attached hydrogens (tertiary/aromatic N) is 3. The van der Waals surface area contributed by atoms with E-state index in [2.05, 4.69) is 25.6 Å². The van der Waals surface area contributed by atoms with E-state index in [4.69, 9.17) is 4.74 Å². The number of pyridine rings is 1. The summed E-state index contributed by atoms with van der Waals surface area (Å²) in [7, 11) is 1.63. The fraction of sp³-hybridized carbons (Fsp3) is 0.200. The summed E-state index contributed by atoms with van der Waals surface area (Å²) in [6.45, 7) is 1.10. The molecule has 138 valence electrons. The van der Waals surface area contributed by atoms with Gasteiger partial charge in [-0.2, -0.15) is 0 Å². The fourth-order valence-electron chi connectivity index (χ4n) is 2.47. The zero-order valence-electron chi connectivity index (χ0n) is 15.1. The van der Waals surface area contributed by atoms with Crippen molar-refractivity contribution in [2.45, 2.75) is 13.0 Å². The van der Waals surface area contributed by atoms with Gasteiger partial charge in [-0.05, 0) is 35.7 Å². The number of hydrogen-bond donors (Lipinski definition) is 2. The van der Waals surface area contributed by atoms with Gasteiger partial charge >= 0.3 is 0 Å². The number of amides is 1. The molecule has 0 atom stereocenters. The predicted octanol–water partition coefficient (Wildman–Crippen LogP) is 2.46. The summed E-state index contributed by atoms with van der Waals surface area (Å²) in [6.07, 6.45) is 7.23. The van der Waals surface area contributed by atoms with E-state index in [1.165, 1.54) is 6.20 Å². The maximum Gasteiger partial charge on any atom is 0.271 e. The lowest BCUT2D eigenvalue weighted by Gasteiger charge is -2.07. The topological polar surface area (TPSA) is 89.0 Å². The van der Waals surface area contributed by atoms with Crippen LogP contribution in [0.1, 0.15) is 21.6 Å². The van der Waals surface area contributed by atoms with Gasteiger partial charge in [0.1, 0.15) is 17.3 Å². The third-order valence-corrected chi connectivity index (χ3v) is 3.91. The molecular weight excluding hydrogens is 342 g/mol. The molecule has 1 amide bonds. The van der Waals surface area contributed by atoms with Gasteiger partial charge in [0.15, 0.2) is 0 Å². The first kappa shape index (κ1) is 18.3.